The van der Waals surface area contributed by atoms with Gasteiger partial charge in [-0.25, -0.2) is 12.8 Å². The van der Waals surface area contributed by atoms with Gasteiger partial charge in [-0.1, -0.05) is 36.4 Å². The first-order chi connectivity index (χ1) is 12.4. The summed E-state index contributed by atoms with van der Waals surface area (Å²) < 4.78 is 101. The molecule has 0 bridgehead atoms. The Morgan fingerprint density at radius 1 is 0.852 bits per heavy atom. The maximum atomic E-state index is 13.8. The van der Waals surface area contributed by atoms with E-state index in [-0.39, 0.29) is 0 Å². The third kappa shape index (κ3) is 5.44. The monoisotopic (exact) mass is 424 g/mol. The lowest BCUT2D eigenvalue weighted by molar-refractivity contribution is -0.0429. The second-order valence-electron chi connectivity index (χ2n) is 5.07. The Hall–Kier alpha value is -2.60. The topological polar surface area (TPSA) is 92.3 Å². The van der Waals surface area contributed by atoms with Crippen molar-refractivity contribution in [2.24, 2.45) is 0 Å². The maximum absolute atomic E-state index is 13.8. The number of rotatable bonds is 6. The Kier molecular flexibility index (Phi) is 5.80. The summed E-state index contributed by atoms with van der Waals surface area (Å²) in [5, 5.41) is 0.704. The van der Waals surface area contributed by atoms with Gasteiger partial charge in [-0.05, 0) is 23.8 Å². The summed E-state index contributed by atoms with van der Waals surface area (Å²) in [6.07, 6.45) is 1.20. The summed E-state index contributed by atoms with van der Waals surface area (Å²) in [6.45, 7) is 0. The number of hydrogen-bond donors (Lipinski definition) is 2. The van der Waals surface area contributed by atoms with Crippen molar-refractivity contribution < 1.29 is 34.4 Å². The lowest BCUT2D eigenvalue weighted by Gasteiger charge is -2.15. The average Bonchev–Trinajstić information content (AvgIpc) is 2.56. The van der Waals surface area contributed by atoms with Crippen LogP contribution in [-0.2, 0) is 20.0 Å². The van der Waals surface area contributed by atoms with Gasteiger partial charge in [-0.2, -0.15) is 21.6 Å². The molecule has 0 aliphatic carbocycles. The van der Waals surface area contributed by atoms with Crippen molar-refractivity contribution in [1.82, 2.24) is 0 Å². The Morgan fingerprint density at radius 3 is 2.07 bits per heavy atom. The predicted octanol–water partition coefficient (Wildman–Crippen LogP) is 3.50. The fraction of sp³-hybridized carbons (Fsp3) is 0.0667. The van der Waals surface area contributed by atoms with E-state index in [9.17, 15) is 34.4 Å². The molecule has 27 heavy (non-hydrogen) atoms. The van der Waals surface area contributed by atoms with Crippen LogP contribution in [0.1, 0.15) is 5.56 Å². The number of alkyl halides is 3. The molecule has 0 amide bonds. The highest BCUT2D eigenvalue weighted by atomic mass is 32.2. The van der Waals surface area contributed by atoms with Crippen LogP contribution in [0.25, 0.3) is 6.08 Å². The molecule has 2 N–H and O–H groups in total. The fourth-order valence-corrected chi connectivity index (χ4v) is 3.30. The van der Waals surface area contributed by atoms with Gasteiger partial charge in [0, 0.05) is 0 Å². The van der Waals surface area contributed by atoms with Crippen LogP contribution in [-0.4, -0.2) is 22.3 Å². The molecule has 0 aliphatic rings. The Bertz CT molecular complexity index is 1050. The van der Waals surface area contributed by atoms with Gasteiger partial charge in [0.2, 0.25) is 0 Å². The lowest BCUT2D eigenvalue weighted by atomic mass is 10.2. The Labute approximate surface area is 152 Å². The molecule has 0 heterocycles. The number of para-hydroxylation sites is 1. The van der Waals surface area contributed by atoms with E-state index in [0.717, 1.165) is 16.9 Å². The molecule has 0 saturated carbocycles. The molecule has 146 valence electrons. The highest BCUT2D eigenvalue weighted by molar-refractivity contribution is 7.95. The molecule has 2 aromatic rings. The zero-order valence-corrected chi connectivity index (χ0v) is 14.9. The van der Waals surface area contributed by atoms with E-state index < -0.39 is 42.7 Å². The highest BCUT2D eigenvalue weighted by Crippen LogP contribution is 2.31. The van der Waals surface area contributed by atoms with Crippen LogP contribution >= 0.6 is 0 Å². The Morgan fingerprint density at radius 2 is 1.48 bits per heavy atom. The van der Waals surface area contributed by atoms with Crippen LogP contribution < -0.4 is 9.44 Å². The minimum Gasteiger partial charge on any atom is -0.278 e. The second kappa shape index (κ2) is 7.56. The summed E-state index contributed by atoms with van der Waals surface area (Å²) in [4.78, 5) is 0. The molecular weight excluding hydrogens is 412 g/mol. The highest BCUT2D eigenvalue weighted by Gasteiger charge is 2.46. The van der Waals surface area contributed by atoms with Gasteiger partial charge in [0.15, 0.2) is 0 Å². The third-order valence-electron chi connectivity index (χ3n) is 3.05. The number of sulfonamides is 2. The molecule has 0 aliphatic heterocycles. The van der Waals surface area contributed by atoms with Crippen LogP contribution in [0.2, 0.25) is 0 Å². The van der Waals surface area contributed by atoms with Crippen LogP contribution in [0.15, 0.2) is 53.9 Å². The van der Waals surface area contributed by atoms with E-state index in [2.05, 4.69) is 0 Å². The zero-order chi connectivity index (χ0) is 20.3. The van der Waals surface area contributed by atoms with Gasteiger partial charge in [0.05, 0.1) is 11.1 Å². The van der Waals surface area contributed by atoms with Crippen molar-refractivity contribution in [3.05, 3.63) is 65.3 Å². The van der Waals surface area contributed by atoms with Crippen molar-refractivity contribution in [1.29, 1.82) is 0 Å². The summed E-state index contributed by atoms with van der Waals surface area (Å²) in [7, 11) is -10.2. The minimum absolute atomic E-state index is 0.514. The van der Waals surface area contributed by atoms with E-state index in [1.54, 1.807) is 30.3 Å². The smallest absolute Gasteiger partial charge is 0.278 e. The molecule has 0 unspecified atom stereocenters. The molecule has 2 rings (SSSR count). The molecule has 0 fully saturated rings. The van der Waals surface area contributed by atoms with Gasteiger partial charge < -0.3 is 0 Å². The van der Waals surface area contributed by atoms with Crippen molar-refractivity contribution in [2.45, 2.75) is 5.51 Å². The van der Waals surface area contributed by atoms with Gasteiger partial charge in [-0.15, -0.1) is 0 Å². The summed E-state index contributed by atoms with van der Waals surface area (Å²) in [5.41, 5.74) is -7.08. The maximum Gasteiger partial charge on any atom is 0.516 e. The first kappa shape index (κ1) is 20.7. The zero-order valence-electron chi connectivity index (χ0n) is 13.2. The quantitative estimate of drug-likeness (QED) is 0.695. The predicted molar refractivity (Wildman–Crippen MR) is 93.0 cm³/mol. The number of nitrogens with one attached hydrogen (secondary N) is 2. The Balaban J connectivity index is 2.34. The standard InChI is InChI=1S/C15H12F4N2O4S2/c16-12-7-4-8-13(14(12)21-27(24,25)15(17,18)19)20-26(22,23)10-9-11-5-2-1-3-6-11/h1-10,20-21H. The number of hydrogen-bond acceptors (Lipinski definition) is 4. The molecule has 6 nitrogen and oxygen atoms in total. The third-order valence-corrected chi connectivity index (χ3v) is 5.13. The first-order valence-corrected chi connectivity index (χ1v) is 10.1. The van der Waals surface area contributed by atoms with E-state index in [1.807, 2.05) is 4.72 Å². The molecule has 0 spiro atoms. The second-order valence-corrected chi connectivity index (χ2v) is 8.31. The van der Waals surface area contributed by atoms with E-state index in [1.165, 1.54) is 6.08 Å². The minimum atomic E-state index is -5.95. The van der Waals surface area contributed by atoms with Crippen LogP contribution in [0.4, 0.5) is 28.9 Å². The summed E-state index contributed by atoms with van der Waals surface area (Å²) in [6, 6.07) is 10.8. The normalized spacial score (nSPS) is 12.9. The molecule has 12 heteroatoms. The van der Waals surface area contributed by atoms with Crippen molar-refractivity contribution in [3.63, 3.8) is 0 Å². The van der Waals surface area contributed by atoms with Crippen LogP contribution in [0.5, 0.6) is 0 Å². The summed E-state index contributed by atoms with van der Waals surface area (Å²) in [5.74, 6) is -1.39. The van der Waals surface area contributed by atoms with Gasteiger partial charge in [-0.3, -0.25) is 9.44 Å². The first-order valence-electron chi connectivity index (χ1n) is 7.05. The molecule has 2 aromatic carbocycles. The number of anilines is 2. The fourth-order valence-electron chi connectivity index (χ4n) is 1.82. The average molecular weight is 424 g/mol. The van der Waals surface area contributed by atoms with Crippen molar-refractivity contribution >= 4 is 37.5 Å². The van der Waals surface area contributed by atoms with Crippen LogP contribution in [0, 0.1) is 5.82 Å². The summed E-state index contributed by atoms with van der Waals surface area (Å²) >= 11 is 0. The van der Waals surface area contributed by atoms with E-state index >= 15 is 0 Å². The SMILES string of the molecule is O=S(=O)(C=Cc1ccccc1)Nc1cccc(F)c1NS(=O)(=O)C(F)(F)F. The van der Waals surface area contributed by atoms with E-state index in [0.29, 0.717) is 17.0 Å². The van der Waals surface area contributed by atoms with Gasteiger partial charge in [0.25, 0.3) is 10.0 Å². The van der Waals surface area contributed by atoms with Crippen molar-refractivity contribution in [2.75, 3.05) is 9.44 Å². The molecule has 0 atom stereocenters. The number of halogens is 4. The van der Waals surface area contributed by atoms with E-state index in [4.69, 9.17) is 0 Å². The lowest BCUT2D eigenvalue weighted by Crippen LogP contribution is -2.30. The molecule has 0 radical (unpaired) electrons. The number of benzene rings is 2. The van der Waals surface area contributed by atoms with Gasteiger partial charge in [0.1, 0.15) is 11.5 Å². The van der Waals surface area contributed by atoms with Gasteiger partial charge >= 0.3 is 15.5 Å². The molecule has 0 saturated heterocycles. The molecule has 0 aromatic heterocycles. The largest absolute Gasteiger partial charge is 0.516 e. The van der Waals surface area contributed by atoms with Crippen LogP contribution in [0.3, 0.4) is 0 Å². The van der Waals surface area contributed by atoms with Crippen molar-refractivity contribution in [3.8, 4) is 0 Å². The molecular formula is C15H12F4N2O4S2.